The minimum Gasteiger partial charge on any atom is -0.352 e. The lowest BCUT2D eigenvalue weighted by molar-refractivity contribution is -0.121. The van der Waals surface area contributed by atoms with Crippen LogP contribution in [-0.4, -0.2) is 17.4 Å². The summed E-state index contributed by atoms with van der Waals surface area (Å²) in [5.41, 5.74) is 6.36. The van der Waals surface area contributed by atoms with Gasteiger partial charge in [-0.25, -0.2) is 0 Å². The second-order valence-electron chi connectivity index (χ2n) is 3.38. The number of rotatable bonds is 6. The number of unbranched alkanes of at least 4 members (excludes halogenated alkanes) is 1. The molecule has 0 aliphatic rings. The summed E-state index contributed by atoms with van der Waals surface area (Å²) in [5.74, 6) is 0.0762. The van der Waals surface area contributed by atoms with Gasteiger partial charge < -0.3 is 11.1 Å². The molecule has 4 heteroatoms. The molecule has 0 fully saturated rings. The molecule has 3 N–H and O–H groups in total. The average molecular weight is 207 g/mol. The molecule has 82 valence electrons. The number of nitrogens with two attached hydrogens (primary N) is 1. The van der Waals surface area contributed by atoms with Crippen molar-refractivity contribution in [2.75, 3.05) is 6.54 Å². The summed E-state index contributed by atoms with van der Waals surface area (Å²) >= 11 is 0. The van der Waals surface area contributed by atoms with Crippen LogP contribution >= 0.6 is 0 Å². The molecule has 1 aromatic heterocycles. The van der Waals surface area contributed by atoms with Crippen molar-refractivity contribution >= 4 is 5.91 Å². The summed E-state index contributed by atoms with van der Waals surface area (Å²) in [6.07, 6.45) is 5.78. The van der Waals surface area contributed by atoms with Crippen LogP contribution in [0, 0.1) is 0 Å². The Labute approximate surface area is 89.9 Å². The summed E-state index contributed by atoms with van der Waals surface area (Å²) in [4.78, 5) is 15.3. The van der Waals surface area contributed by atoms with Crippen LogP contribution < -0.4 is 11.1 Å². The molecule has 1 aromatic rings. The minimum absolute atomic E-state index is 0.0762. The zero-order chi connectivity index (χ0) is 10.9. The highest BCUT2D eigenvalue weighted by atomic mass is 16.1. The fourth-order valence-corrected chi connectivity index (χ4v) is 1.22. The van der Waals surface area contributed by atoms with E-state index >= 15 is 0 Å². The molecule has 4 nitrogen and oxygen atoms in total. The van der Waals surface area contributed by atoms with Crippen molar-refractivity contribution in [2.24, 2.45) is 5.73 Å². The highest BCUT2D eigenvalue weighted by Crippen LogP contribution is 1.97. The molecule has 0 aromatic carbocycles. The number of nitrogens with zero attached hydrogens (tertiary/aromatic N) is 1. The van der Waals surface area contributed by atoms with Gasteiger partial charge >= 0.3 is 0 Å². The molecule has 0 unspecified atom stereocenters. The summed E-state index contributed by atoms with van der Waals surface area (Å²) in [7, 11) is 0. The van der Waals surface area contributed by atoms with E-state index in [1.165, 1.54) is 0 Å². The maximum absolute atomic E-state index is 11.3. The lowest BCUT2D eigenvalue weighted by Gasteiger charge is -2.04. The molecule has 0 aliphatic carbocycles. The Bertz CT molecular complexity index is 287. The van der Waals surface area contributed by atoms with Gasteiger partial charge in [-0.2, -0.15) is 0 Å². The number of carbonyl (C=O) groups is 1. The molecule has 15 heavy (non-hydrogen) atoms. The fourth-order valence-electron chi connectivity index (χ4n) is 1.22. The highest BCUT2D eigenvalue weighted by Gasteiger charge is 2.00. The largest absolute Gasteiger partial charge is 0.352 e. The van der Waals surface area contributed by atoms with Gasteiger partial charge in [0.15, 0.2) is 0 Å². The van der Waals surface area contributed by atoms with Crippen molar-refractivity contribution in [3.05, 3.63) is 30.1 Å². The monoisotopic (exact) mass is 207 g/mol. The minimum atomic E-state index is 0.0762. The second kappa shape index (κ2) is 6.95. The number of pyridine rings is 1. The first-order valence-electron chi connectivity index (χ1n) is 5.18. The Kier molecular flexibility index (Phi) is 5.40. The normalized spacial score (nSPS) is 9.93. The van der Waals surface area contributed by atoms with Crippen molar-refractivity contribution in [1.29, 1.82) is 0 Å². The van der Waals surface area contributed by atoms with Gasteiger partial charge in [0.25, 0.3) is 0 Å². The molecule has 0 spiro atoms. The Balaban J connectivity index is 2.17. The molecule has 1 amide bonds. The van der Waals surface area contributed by atoms with E-state index in [2.05, 4.69) is 10.3 Å². The smallest absolute Gasteiger partial charge is 0.220 e. The van der Waals surface area contributed by atoms with E-state index in [4.69, 9.17) is 5.73 Å². The standard InChI is InChI=1S/C11H17N3O/c12-6-2-1-5-11(15)14-9-10-4-3-7-13-8-10/h3-4,7-8H,1-2,5-6,9,12H2,(H,14,15). The van der Waals surface area contributed by atoms with Gasteiger partial charge in [-0.1, -0.05) is 6.07 Å². The van der Waals surface area contributed by atoms with Crippen molar-refractivity contribution < 1.29 is 4.79 Å². The number of nitrogens with one attached hydrogen (secondary N) is 1. The topological polar surface area (TPSA) is 68.0 Å². The quantitative estimate of drug-likeness (QED) is 0.679. The molecule has 0 bridgehead atoms. The third-order valence-corrected chi connectivity index (χ3v) is 2.07. The van der Waals surface area contributed by atoms with E-state index in [-0.39, 0.29) is 5.91 Å². The zero-order valence-corrected chi connectivity index (χ0v) is 8.78. The van der Waals surface area contributed by atoms with Crippen LogP contribution in [0.4, 0.5) is 0 Å². The van der Waals surface area contributed by atoms with Crippen molar-refractivity contribution in [2.45, 2.75) is 25.8 Å². The van der Waals surface area contributed by atoms with Crippen LogP contribution in [0.15, 0.2) is 24.5 Å². The van der Waals surface area contributed by atoms with E-state index in [1.807, 2.05) is 12.1 Å². The maximum Gasteiger partial charge on any atom is 0.220 e. The summed E-state index contributed by atoms with van der Waals surface area (Å²) in [6, 6.07) is 3.79. The Hall–Kier alpha value is -1.42. The molecule has 0 aliphatic heterocycles. The van der Waals surface area contributed by atoms with Crippen LogP contribution in [-0.2, 0) is 11.3 Å². The van der Waals surface area contributed by atoms with E-state index in [9.17, 15) is 4.79 Å². The number of aromatic nitrogens is 1. The first kappa shape index (κ1) is 11.7. The Morgan fingerprint density at radius 3 is 3.00 bits per heavy atom. The van der Waals surface area contributed by atoms with E-state index in [0.29, 0.717) is 19.5 Å². The molecule has 0 saturated heterocycles. The number of carbonyl (C=O) groups excluding carboxylic acids is 1. The molecule has 1 rings (SSSR count). The van der Waals surface area contributed by atoms with Crippen molar-refractivity contribution in [1.82, 2.24) is 10.3 Å². The van der Waals surface area contributed by atoms with Gasteiger partial charge in [-0.3, -0.25) is 9.78 Å². The second-order valence-corrected chi connectivity index (χ2v) is 3.38. The van der Waals surface area contributed by atoms with Gasteiger partial charge in [-0.05, 0) is 31.0 Å². The molecule has 0 atom stereocenters. The van der Waals surface area contributed by atoms with Crippen LogP contribution in [0.5, 0.6) is 0 Å². The van der Waals surface area contributed by atoms with Gasteiger partial charge in [0.1, 0.15) is 0 Å². The van der Waals surface area contributed by atoms with Crippen LogP contribution in [0.25, 0.3) is 0 Å². The van der Waals surface area contributed by atoms with Crippen molar-refractivity contribution in [3.8, 4) is 0 Å². The van der Waals surface area contributed by atoms with E-state index in [0.717, 1.165) is 18.4 Å². The third kappa shape index (κ3) is 5.12. The number of hydrogen-bond donors (Lipinski definition) is 2. The Morgan fingerprint density at radius 2 is 2.33 bits per heavy atom. The number of hydrogen-bond acceptors (Lipinski definition) is 3. The summed E-state index contributed by atoms with van der Waals surface area (Å²) < 4.78 is 0. The maximum atomic E-state index is 11.3. The molecule has 1 heterocycles. The molecular formula is C11H17N3O. The zero-order valence-electron chi connectivity index (χ0n) is 8.78. The van der Waals surface area contributed by atoms with Crippen LogP contribution in [0.2, 0.25) is 0 Å². The first-order valence-corrected chi connectivity index (χ1v) is 5.18. The van der Waals surface area contributed by atoms with E-state index < -0.39 is 0 Å². The summed E-state index contributed by atoms with van der Waals surface area (Å²) in [6.45, 7) is 1.20. The predicted molar refractivity (Wildman–Crippen MR) is 59.0 cm³/mol. The van der Waals surface area contributed by atoms with Gasteiger partial charge in [-0.15, -0.1) is 0 Å². The fraction of sp³-hybridized carbons (Fsp3) is 0.455. The highest BCUT2D eigenvalue weighted by molar-refractivity contribution is 5.75. The van der Waals surface area contributed by atoms with Crippen LogP contribution in [0.3, 0.4) is 0 Å². The lowest BCUT2D eigenvalue weighted by Crippen LogP contribution is -2.22. The predicted octanol–water partition coefficient (Wildman–Crippen LogP) is 0.827. The SMILES string of the molecule is NCCCCC(=O)NCc1cccnc1. The van der Waals surface area contributed by atoms with Gasteiger partial charge in [0, 0.05) is 25.4 Å². The van der Waals surface area contributed by atoms with Gasteiger partial charge in [0.05, 0.1) is 0 Å². The Morgan fingerprint density at radius 1 is 1.47 bits per heavy atom. The molecular weight excluding hydrogens is 190 g/mol. The van der Waals surface area contributed by atoms with Gasteiger partial charge in [0.2, 0.25) is 5.91 Å². The third-order valence-electron chi connectivity index (χ3n) is 2.07. The average Bonchev–Trinajstić information content (AvgIpc) is 2.28. The van der Waals surface area contributed by atoms with E-state index in [1.54, 1.807) is 12.4 Å². The van der Waals surface area contributed by atoms with Crippen LogP contribution in [0.1, 0.15) is 24.8 Å². The summed E-state index contributed by atoms with van der Waals surface area (Å²) in [5, 5.41) is 2.84. The molecule has 0 saturated carbocycles. The number of amides is 1. The lowest BCUT2D eigenvalue weighted by atomic mass is 10.2. The van der Waals surface area contributed by atoms with Crippen molar-refractivity contribution in [3.63, 3.8) is 0 Å². The first-order chi connectivity index (χ1) is 7.33. The molecule has 0 radical (unpaired) electrons.